The van der Waals surface area contributed by atoms with Crippen LogP contribution in [-0.2, 0) is 6.54 Å². The molecule has 0 spiro atoms. The third kappa shape index (κ3) is 4.53. The van der Waals surface area contributed by atoms with Gasteiger partial charge < -0.3 is 5.11 Å². The van der Waals surface area contributed by atoms with Crippen LogP contribution in [0.15, 0.2) is 65.4 Å². The van der Waals surface area contributed by atoms with Gasteiger partial charge in [-0.2, -0.15) is 11.3 Å². The predicted molar refractivity (Wildman–Crippen MR) is 117 cm³/mol. The fraction of sp³-hybridized carbons (Fsp3) is 0.333. The molecule has 0 radical (unpaired) electrons. The summed E-state index contributed by atoms with van der Waals surface area (Å²) in [4.78, 5) is 5.02. The average molecular weight is 411 g/mol. The minimum Gasteiger partial charge on any atom is -0.508 e. The SMILES string of the molecule is C[C@@H]1CN([C@H](c2ccsc2)c2cccc(O)c2)[C@@H](C)CN1Cc1ccc(F)cc1. The van der Waals surface area contributed by atoms with Gasteiger partial charge in [0.05, 0.1) is 6.04 Å². The van der Waals surface area contributed by atoms with E-state index in [4.69, 9.17) is 0 Å². The zero-order valence-corrected chi connectivity index (χ0v) is 17.6. The lowest BCUT2D eigenvalue weighted by Crippen LogP contribution is -2.56. The number of aromatic hydroxyl groups is 1. The summed E-state index contributed by atoms with van der Waals surface area (Å²) < 4.78 is 13.2. The summed E-state index contributed by atoms with van der Waals surface area (Å²) >= 11 is 1.71. The zero-order valence-electron chi connectivity index (χ0n) is 16.8. The first-order valence-corrected chi connectivity index (χ1v) is 11.0. The van der Waals surface area contributed by atoms with Crippen LogP contribution >= 0.6 is 11.3 Å². The maximum atomic E-state index is 13.2. The Morgan fingerprint density at radius 2 is 1.83 bits per heavy atom. The molecule has 2 aromatic carbocycles. The summed E-state index contributed by atoms with van der Waals surface area (Å²) in [5.41, 5.74) is 3.53. The quantitative estimate of drug-likeness (QED) is 0.620. The molecule has 1 saturated heterocycles. The highest BCUT2D eigenvalue weighted by atomic mass is 32.1. The van der Waals surface area contributed by atoms with Crippen molar-refractivity contribution in [3.8, 4) is 5.75 Å². The molecule has 5 heteroatoms. The Morgan fingerprint density at radius 3 is 2.52 bits per heavy atom. The van der Waals surface area contributed by atoms with Gasteiger partial charge in [-0.1, -0.05) is 24.3 Å². The number of halogens is 1. The van der Waals surface area contributed by atoms with Crippen molar-refractivity contribution in [2.45, 2.75) is 38.5 Å². The van der Waals surface area contributed by atoms with Crippen LogP contribution in [0.1, 0.15) is 36.6 Å². The van der Waals surface area contributed by atoms with Crippen molar-refractivity contribution in [3.05, 3.63) is 87.9 Å². The minimum absolute atomic E-state index is 0.124. The second kappa shape index (κ2) is 8.66. The highest BCUT2D eigenvalue weighted by Gasteiger charge is 2.35. The maximum Gasteiger partial charge on any atom is 0.123 e. The summed E-state index contributed by atoms with van der Waals surface area (Å²) in [6.45, 7) is 7.23. The molecule has 0 amide bonds. The molecular formula is C24H27FN2OS. The number of thiophene rings is 1. The van der Waals surface area contributed by atoms with Crippen LogP contribution in [0.4, 0.5) is 4.39 Å². The van der Waals surface area contributed by atoms with Gasteiger partial charge in [-0.15, -0.1) is 0 Å². The smallest absolute Gasteiger partial charge is 0.123 e. The molecule has 2 heterocycles. The van der Waals surface area contributed by atoms with Gasteiger partial charge in [0.1, 0.15) is 11.6 Å². The number of benzene rings is 2. The largest absolute Gasteiger partial charge is 0.508 e. The first-order valence-electron chi connectivity index (χ1n) is 10.1. The van der Waals surface area contributed by atoms with Crippen LogP contribution in [0, 0.1) is 5.82 Å². The normalized spacial score (nSPS) is 21.9. The molecule has 3 atom stereocenters. The van der Waals surface area contributed by atoms with E-state index in [-0.39, 0.29) is 11.9 Å². The first kappa shape index (κ1) is 20.1. The third-order valence-electron chi connectivity index (χ3n) is 5.84. The highest BCUT2D eigenvalue weighted by molar-refractivity contribution is 7.08. The Labute approximate surface area is 176 Å². The van der Waals surface area contributed by atoms with E-state index in [0.717, 1.165) is 30.8 Å². The van der Waals surface area contributed by atoms with E-state index in [9.17, 15) is 9.50 Å². The number of piperazine rings is 1. The lowest BCUT2D eigenvalue weighted by Gasteiger charge is -2.47. The van der Waals surface area contributed by atoms with Crippen molar-refractivity contribution >= 4 is 11.3 Å². The second-order valence-corrected chi connectivity index (χ2v) is 8.78. The molecule has 0 bridgehead atoms. The molecule has 0 unspecified atom stereocenters. The van der Waals surface area contributed by atoms with Gasteiger partial charge in [0, 0.05) is 31.7 Å². The Balaban J connectivity index is 1.56. The van der Waals surface area contributed by atoms with Crippen LogP contribution in [0.2, 0.25) is 0 Å². The molecular weight excluding hydrogens is 383 g/mol. The number of hydrogen-bond acceptors (Lipinski definition) is 4. The molecule has 1 aliphatic rings. The zero-order chi connectivity index (χ0) is 20.4. The Morgan fingerprint density at radius 1 is 1.03 bits per heavy atom. The van der Waals surface area contributed by atoms with Gasteiger partial charge in [-0.05, 0) is 71.6 Å². The molecule has 4 rings (SSSR count). The molecule has 152 valence electrons. The Hall–Kier alpha value is -2.21. The molecule has 1 N–H and O–H groups in total. The molecule has 0 aliphatic carbocycles. The summed E-state index contributed by atoms with van der Waals surface area (Å²) in [7, 11) is 0. The van der Waals surface area contributed by atoms with Crippen LogP contribution < -0.4 is 0 Å². The number of rotatable bonds is 5. The number of phenols is 1. The molecule has 29 heavy (non-hydrogen) atoms. The summed E-state index contributed by atoms with van der Waals surface area (Å²) in [6, 6.07) is 17.5. The van der Waals surface area contributed by atoms with E-state index in [2.05, 4.69) is 46.5 Å². The fourth-order valence-corrected chi connectivity index (χ4v) is 5.01. The Bertz CT molecular complexity index is 928. The van der Waals surface area contributed by atoms with Crippen LogP contribution in [-0.4, -0.2) is 40.1 Å². The minimum atomic E-state index is -0.190. The van der Waals surface area contributed by atoms with E-state index in [1.807, 2.05) is 24.3 Å². The van der Waals surface area contributed by atoms with Crippen LogP contribution in [0.25, 0.3) is 0 Å². The fourth-order valence-electron chi connectivity index (χ4n) is 4.33. The van der Waals surface area contributed by atoms with Gasteiger partial charge >= 0.3 is 0 Å². The van der Waals surface area contributed by atoms with Crippen molar-refractivity contribution in [1.29, 1.82) is 0 Å². The van der Waals surface area contributed by atoms with Crippen molar-refractivity contribution in [3.63, 3.8) is 0 Å². The molecule has 0 saturated carbocycles. The molecule has 3 nitrogen and oxygen atoms in total. The van der Waals surface area contributed by atoms with E-state index in [1.54, 1.807) is 17.4 Å². The van der Waals surface area contributed by atoms with Crippen molar-refractivity contribution in [2.24, 2.45) is 0 Å². The van der Waals surface area contributed by atoms with Crippen molar-refractivity contribution in [2.75, 3.05) is 13.1 Å². The lowest BCUT2D eigenvalue weighted by atomic mass is 9.95. The van der Waals surface area contributed by atoms with Gasteiger partial charge in [-0.25, -0.2) is 4.39 Å². The average Bonchev–Trinajstić information content (AvgIpc) is 3.22. The number of phenolic OH excluding ortho intramolecular Hbond substituents is 1. The third-order valence-corrected chi connectivity index (χ3v) is 6.54. The molecule has 3 aromatic rings. The standard InChI is InChI=1S/C24H27FN2OS/c1-17-14-27(18(2)13-26(17)15-19-6-8-22(25)9-7-19)24(21-10-11-29-16-21)20-4-3-5-23(28)12-20/h3-12,16-18,24,28H,13-15H2,1-2H3/t17-,18+,24+/m1/s1. The Kier molecular flexibility index (Phi) is 5.99. The van der Waals surface area contributed by atoms with Crippen LogP contribution in [0.3, 0.4) is 0 Å². The number of nitrogens with zero attached hydrogens (tertiary/aromatic N) is 2. The van der Waals surface area contributed by atoms with E-state index in [1.165, 1.54) is 17.7 Å². The highest BCUT2D eigenvalue weighted by Crippen LogP contribution is 2.35. The molecule has 1 aliphatic heterocycles. The monoisotopic (exact) mass is 410 g/mol. The van der Waals surface area contributed by atoms with E-state index in [0.29, 0.717) is 17.8 Å². The van der Waals surface area contributed by atoms with Gasteiger partial charge in [0.15, 0.2) is 0 Å². The lowest BCUT2D eigenvalue weighted by molar-refractivity contribution is 0.0196. The van der Waals surface area contributed by atoms with Gasteiger partial charge in [0.2, 0.25) is 0 Å². The van der Waals surface area contributed by atoms with Crippen molar-refractivity contribution in [1.82, 2.24) is 9.80 Å². The first-order chi connectivity index (χ1) is 14.0. The van der Waals surface area contributed by atoms with Crippen molar-refractivity contribution < 1.29 is 9.50 Å². The molecule has 1 fully saturated rings. The van der Waals surface area contributed by atoms with Crippen LogP contribution in [0.5, 0.6) is 5.75 Å². The number of hydrogen-bond donors (Lipinski definition) is 1. The van der Waals surface area contributed by atoms with Gasteiger partial charge in [-0.3, -0.25) is 9.80 Å². The van der Waals surface area contributed by atoms with E-state index < -0.39 is 0 Å². The maximum absolute atomic E-state index is 13.2. The predicted octanol–water partition coefficient (Wildman–Crippen LogP) is 5.28. The summed E-state index contributed by atoms with van der Waals surface area (Å²) in [5.74, 6) is 0.114. The summed E-state index contributed by atoms with van der Waals surface area (Å²) in [6.07, 6.45) is 0. The second-order valence-electron chi connectivity index (χ2n) is 8.00. The van der Waals surface area contributed by atoms with Gasteiger partial charge in [0.25, 0.3) is 0 Å². The summed E-state index contributed by atoms with van der Waals surface area (Å²) in [5, 5.41) is 14.4. The van der Waals surface area contributed by atoms with E-state index >= 15 is 0 Å². The molecule has 1 aromatic heterocycles. The topological polar surface area (TPSA) is 26.7 Å².